The molecular formula is C15H22N2O6. The van der Waals surface area contributed by atoms with Gasteiger partial charge in [-0.15, -0.1) is 0 Å². The second-order valence-corrected chi connectivity index (χ2v) is 5.98. The summed E-state index contributed by atoms with van der Waals surface area (Å²) in [7, 11) is 0. The molecule has 0 aromatic heterocycles. The zero-order valence-electron chi connectivity index (χ0n) is 12.9. The number of aliphatic hydroxyl groups is 3. The second-order valence-electron chi connectivity index (χ2n) is 5.98. The standard InChI is InChI=1S/C15H22N2O6/c18-7-15(8-19,9-20)16-12(21)5-6-17-13(22)10-3-1-2-4-11(10)14(17)23/h18-20H,1-9H2,(H,16,21). The average molecular weight is 326 g/mol. The molecule has 2 aliphatic rings. The van der Waals surface area contributed by atoms with Crippen LogP contribution in [-0.4, -0.2) is 69.8 Å². The van der Waals surface area contributed by atoms with Crippen LogP contribution in [0.15, 0.2) is 11.1 Å². The van der Waals surface area contributed by atoms with Crippen LogP contribution in [-0.2, 0) is 14.4 Å². The molecule has 0 saturated carbocycles. The Bertz CT molecular complexity index is 502. The average Bonchev–Trinajstić information content (AvgIpc) is 2.82. The Kier molecular flexibility index (Phi) is 5.51. The second kappa shape index (κ2) is 7.20. The fourth-order valence-corrected chi connectivity index (χ4v) is 2.84. The van der Waals surface area contributed by atoms with E-state index in [2.05, 4.69) is 5.32 Å². The van der Waals surface area contributed by atoms with Crippen LogP contribution in [0.25, 0.3) is 0 Å². The summed E-state index contributed by atoms with van der Waals surface area (Å²) < 4.78 is 0. The molecular weight excluding hydrogens is 304 g/mol. The van der Waals surface area contributed by atoms with Crippen LogP contribution in [0.2, 0.25) is 0 Å². The fourth-order valence-electron chi connectivity index (χ4n) is 2.84. The highest BCUT2D eigenvalue weighted by Gasteiger charge is 2.39. The van der Waals surface area contributed by atoms with Crippen molar-refractivity contribution >= 4 is 17.7 Å². The van der Waals surface area contributed by atoms with Gasteiger partial charge in [0.1, 0.15) is 5.54 Å². The Morgan fingerprint density at radius 1 is 1.00 bits per heavy atom. The zero-order valence-corrected chi connectivity index (χ0v) is 12.9. The van der Waals surface area contributed by atoms with Gasteiger partial charge >= 0.3 is 0 Å². The molecule has 8 heteroatoms. The number of nitrogens with zero attached hydrogens (tertiary/aromatic N) is 1. The van der Waals surface area contributed by atoms with Crippen LogP contribution >= 0.6 is 0 Å². The van der Waals surface area contributed by atoms with Gasteiger partial charge < -0.3 is 20.6 Å². The number of nitrogens with one attached hydrogen (secondary N) is 1. The lowest BCUT2D eigenvalue weighted by Gasteiger charge is -2.29. The number of hydrogen-bond acceptors (Lipinski definition) is 6. The SMILES string of the molecule is O=C(CCN1C(=O)C2=C(CCCC2)C1=O)NC(CO)(CO)CO. The van der Waals surface area contributed by atoms with Crippen molar-refractivity contribution in [3.8, 4) is 0 Å². The molecule has 1 aliphatic carbocycles. The van der Waals surface area contributed by atoms with Crippen molar-refractivity contribution in [1.82, 2.24) is 10.2 Å². The minimum atomic E-state index is -1.51. The van der Waals surface area contributed by atoms with Crippen LogP contribution in [0.1, 0.15) is 32.1 Å². The van der Waals surface area contributed by atoms with Gasteiger partial charge in [-0.2, -0.15) is 0 Å². The molecule has 23 heavy (non-hydrogen) atoms. The van der Waals surface area contributed by atoms with Crippen molar-refractivity contribution in [2.75, 3.05) is 26.4 Å². The van der Waals surface area contributed by atoms with Crippen LogP contribution in [0.5, 0.6) is 0 Å². The van der Waals surface area contributed by atoms with E-state index in [4.69, 9.17) is 15.3 Å². The van der Waals surface area contributed by atoms with Crippen LogP contribution in [0, 0.1) is 0 Å². The lowest BCUT2D eigenvalue weighted by molar-refractivity contribution is -0.138. The monoisotopic (exact) mass is 326 g/mol. The van der Waals surface area contributed by atoms with Gasteiger partial charge in [0.25, 0.3) is 11.8 Å². The first kappa shape index (κ1) is 17.6. The maximum atomic E-state index is 12.2. The van der Waals surface area contributed by atoms with Crippen LogP contribution < -0.4 is 5.32 Å². The molecule has 8 nitrogen and oxygen atoms in total. The van der Waals surface area contributed by atoms with Gasteiger partial charge in [-0.05, 0) is 25.7 Å². The number of carbonyl (C=O) groups is 3. The molecule has 4 N–H and O–H groups in total. The third kappa shape index (κ3) is 3.44. The lowest BCUT2D eigenvalue weighted by atomic mass is 9.93. The van der Waals surface area contributed by atoms with Gasteiger partial charge in [0.2, 0.25) is 5.91 Å². The number of hydrogen-bond donors (Lipinski definition) is 4. The Balaban J connectivity index is 1.93. The predicted molar refractivity (Wildman–Crippen MR) is 79.0 cm³/mol. The Hall–Kier alpha value is -1.77. The Labute approximate surface area is 133 Å². The molecule has 0 atom stereocenters. The first-order valence-electron chi connectivity index (χ1n) is 7.70. The van der Waals surface area contributed by atoms with Crippen molar-refractivity contribution in [2.24, 2.45) is 0 Å². The zero-order chi connectivity index (χ0) is 17.0. The first-order valence-corrected chi connectivity index (χ1v) is 7.70. The van der Waals surface area contributed by atoms with Crippen molar-refractivity contribution in [1.29, 1.82) is 0 Å². The molecule has 0 saturated heterocycles. The molecule has 1 aliphatic heterocycles. The molecule has 2 rings (SSSR count). The molecule has 0 aromatic rings. The quantitative estimate of drug-likeness (QED) is 0.419. The van der Waals surface area contributed by atoms with Gasteiger partial charge in [0.05, 0.1) is 19.8 Å². The van der Waals surface area contributed by atoms with Gasteiger partial charge in [-0.1, -0.05) is 0 Å². The highest BCUT2D eigenvalue weighted by atomic mass is 16.3. The number of rotatable bonds is 7. The smallest absolute Gasteiger partial charge is 0.257 e. The topological polar surface area (TPSA) is 127 Å². The van der Waals surface area contributed by atoms with Gasteiger partial charge in [-0.3, -0.25) is 19.3 Å². The first-order chi connectivity index (χ1) is 11.0. The van der Waals surface area contributed by atoms with Crippen molar-refractivity contribution < 1.29 is 29.7 Å². The lowest BCUT2D eigenvalue weighted by Crippen LogP contribution is -2.57. The molecule has 0 unspecified atom stereocenters. The van der Waals surface area contributed by atoms with Crippen molar-refractivity contribution in [2.45, 2.75) is 37.6 Å². The van der Waals surface area contributed by atoms with Gasteiger partial charge in [0.15, 0.2) is 0 Å². The minimum Gasteiger partial charge on any atom is -0.394 e. The summed E-state index contributed by atoms with van der Waals surface area (Å²) in [6.07, 6.45) is 2.83. The van der Waals surface area contributed by atoms with E-state index in [1.165, 1.54) is 0 Å². The maximum Gasteiger partial charge on any atom is 0.257 e. The highest BCUT2D eigenvalue weighted by Crippen LogP contribution is 2.32. The Morgan fingerprint density at radius 2 is 1.48 bits per heavy atom. The summed E-state index contributed by atoms with van der Waals surface area (Å²) in [6.45, 7) is -1.93. The number of imide groups is 1. The van der Waals surface area contributed by atoms with E-state index in [0.717, 1.165) is 17.7 Å². The molecule has 3 amide bonds. The van der Waals surface area contributed by atoms with Gasteiger partial charge in [-0.25, -0.2) is 0 Å². The minimum absolute atomic E-state index is 0.0606. The Morgan fingerprint density at radius 3 is 1.91 bits per heavy atom. The molecule has 0 fully saturated rings. The van der Waals surface area contributed by atoms with E-state index in [0.29, 0.717) is 24.0 Å². The molecule has 1 heterocycles. The molecule has 128 valence electrons. The van der Waals surface area contributed by atoms with E-state index < -0.39 is 31.3 Å². The predicted octanol–water partition coefficient (Wildman–Crippen LogP) is -1.55. The van der Waals surface area contributed by atoms with E-state index in [1.807, 2.05) is 0 Å². The number of carbonyl (C=O) groups excluding carboxylic acids is 3. The third-order valence-corrected chi connectivity index (χ3v) is 4.35. The summed E-state index contributed by atoms with van der Waals surface area (Å²) in [5, 5.41) is 29.9. The largest absolute Gasteiger partial charge is 0.394 e. The third-order valence-electron chi connectivity index (χ3n) is 4.35. The molecule has 0 bridgehead atoms. The number of aliphatic hydroxyl groups excluding tert-OH is 3. The highest BCUT2D eigenvalue weighted by molar-refractivity contribution is 6.19. The van der Waals surface area contributed by atoms with Gasteiger partial charge in [0, 0.05) is 24.1 Å². The number of amides is 3. The summed E-state index contributed by atoms with van der Waals surface area (Å²) in [4.78, 5) is 37.4. The van der Waals surface area contributed by atoms with Crippen molar-refractivity contribution in [3.63, 3.8) is 0 Å². The summed E-state index contributed by atoms with van der Waals surface area (Å²) in [6, 6.07) is 0. The van der Waals surface area contributed by atoms with Crippen molar-refractivity contribution in [3.05, 3.63) is 11.1 Å². The summed E-state index contributed by atoms with van der Waals surface area (Å²) in [5.41, 5.74) is -0.373. The normalized spacial score (nSPS) is 18.5. The molecule has 0 radical (unpaired) electrons. The van der Waals surface area contributed by atoms with E-state index >= 15 is 0 Å². The fraction of sp³-hybridized carbons (Fsp3) is 0.667. The summed E-state index contributed by atoms with van der Waals surface area (Å²) >= 11 is 0. The maximum absolute atomic E-state index is 12.2. The van der Waals surface area contributed by atoms with E-state index in [9.17, 15) is 14.4 Å². The van der Waals surface area contributed by atoms with E-state index in [1.54, 1.807) is 0 Å². The molecule has 0 spiro atoms. The molecule has 0 aromatic carbocycles. The van der Waals surface area contributed by atoms with Crippen LogP contribution in [0.4, 0.5) is 0 Å². The van der Waals surface area contributed by atoms with E-state index in [-0.39, 0.29) is 24.8 Å². The summed E-state index contributed by atoms with van der Waals surface area (Å²) in [5.74, 6) is -1.21. The van der Waals surface area contributed by atoms with Crippen LogP contribution in [0.3, 0.4) is 0 Å².